The van der Waals surface area contributed by atoms with Gasteiger partial charge in [-0.2, -0.15) is 0 Å². The van der Waals surface area contributed by atoms with E-state index in [1.54, 1.807) is 24.4 Å². The lowest BCUT2D eigenvalue weighted by molar-refractivity contribution is 0.480. The number of ether oxygens (including phenoxy) is 1. The Balaban J connectivity index is 2.16. The molecule has 2 aromatic rings. The molecule has 0 saturated heterocycles. The lowest BCUT2D eigenvalue weighted by Gasteiger charge is -2.07. The number of hydrogen-bond donors (Lipinski definition) is 1. The Hall–Kier alpha value is -1.92. The van der Waals surface area contributed by atoms with Crippen molar-refractivity contribution >= 4 is 9.84 Å². The van der Waals surface area contributed by atoms with E-state index >= 15 is 0 Å². The van der Waals surface area contributed by atoms with Crippen molar-refractivity contribution in [1.29, 1.82) is 0 Å². The van der Waals surface area contributed by atoms with Crippen LogP contribution in [0.25, 0.3) is 0 Å². The minimum absolute atomic E-state index is 0.274. The standard InChI is InChI=1S/C14H16N2O3S/c1-15-10-11-9-13(7-8-16-11)19-12-3-5-14(6-4-12)20(2,17)18/h3-9,15H,10H2,1-2H3. The van der Waals surface area contributed by atoms with Gasteiger partial charge in [-0.3, -0.25) is 4.98 Å². The van der Waals surface area contributed by atoms with Crippen LogP contribution >= 0.6 is 0 Å². The van der Waals surface area contributed by atoms with E-state index < -0.39 is 9.84 Å². The molecule has 106 valence electrons. The van der Waals surface area contributed by atoms with Gasteiger partial charge in [-0.1, -0.05) is 0 Å². The fourth-order valence-electron chi connectivity index (χ4n) is 1.69. The number of hydrogen-bond acceptors (Lipinski definition) is 5. The van der Waals surface area contributed by atoms with Gasteiger partial charge < -0.3 is 10.1 Å². The highest BCUT2D eigenvalue weighted by Gasteiger charge is 2.07. The minimum atomic E-state index is -3.18. The summed E-state index contributed by atoms with van der Waals surface area (Å²) < 4.78 is 28.4. The number of rotatable bonds is 5. The molecular formula is C14H16N2O3S. The van der Waals surface area contributed by atoms with Crippen LogP contribution in [0.15, 0.2) is 47.5 Å². The second kappa shape index (κ2) is 6.02. The van der Waals surface area contributed by atoms with E-state index in [1.807, 2.05) is 13.1 Å². The predicted molar refractivity (Wildman–Crippen MR) is 76.6 cm³/mol. The fraction of sp³-hybridized carbons (Fsp3) is 0.214. The van der Waals surface area contributed by atoms with E-state index in [0.29, 0.717) is 18.0 Å². The lowest BCUT2D eigenvalue weighted by Crippen LogP contribution is -2.06. The molecular weight excluding hydrogens is 276 g/mol. The number of nitrogens with one attached hydrogen (secondary N) is 1. The first-order chi connectivity index (χ1) is 9.49. The number of nitrogens with zero attached hydrogens (tertiary/aromatic N) is 1. The molecule has 0 bridgehead atoms. The van der Waals surface area contributed by atoms with Crippen LogP contribution < -0.4 is 10.1 Å². The third-order valence-electron chi connectivity index (χ3n) is 2.63. The topological polar surface area (TPSA) is 68.3 Å². The molecule has 20 heavy (non-hydrogen) atoms. The summed E-state index contributed by atoms with van der Waals surface area (Å²) in [4.78, 5) is 4.47. The van der Waals surface area contributed by atoms with Crippen molar-refractivity contribution < 1.29 is 13.2 Å². The maximum absolute atomic E-state index is 11.4. The zero-order chi connectivity index (χ0) is 14.6. The summed E-state index contributed by atoms with van der Waals surface area (Å²) in [7, 11) is -1.33. The van der Waals surface area contributed by atoms with Gasteiger partial charge in [0.2, 0.25) is 0 Å². The van der Waals surface area contributed by atoms with Crippen molar-refractivity contribution in [2.75, 3.05) is 13.3 Å². The molecule has 6 heteroatoms. The number of benzene rings is 1. The van der Waals surface area contributed by atoms with Gasteiger partial charge in [0, 0.05) is 25.1 Å². The van der Waals surface area contributed by atoms with Crippen LogP contribution in [0.3, 0.4) is 0 Å². The average molecular weight is 292 g/mol. The molecule has 0 saturated carbocycles. The molecule has 5 nitrogen and oxygen atoms in total. The van der Waals surface area contributed by atoms with E-state index in [1.165, 1.54) is 18.4 Å². The van der Waals surface area contributed by atoms with Crippen LogP contribution in [-0.4, -0.2) is 26.7 Å². The molecule has 0 amide bonds. The van der Waals surface area contributed by atoms with Crippen LogP contribution in [0.1, 0.15) is 5.69 Å². The van der Waals surface area contributed by atoms with Gasteiger partial charge >= 0.3 is 0 Å². The number of aromatic nitrogens is 1. The number of pyridine rings is 1. The summed E-state index contributed by atoms with van der Waals surface area (Å²) in [5.74, 6) is 1.25. The summed E-state index contributed by atoms with van der Waals surface area (Å²) in [5.41, 5.74) is 0.873. The van der Waals surface area contributed by atoms with Crippen molar-refractivity contribution in [3.05, 3.63) is 48.3 Å². The minimum Gasteiger partial charge on any atom is -0.457 e. The summed E-state index contributed by atoms with van der Waals surface area (Å²) in [6, 6.07) is 9.91. The Kier molecular flexibility index (Phi) is 4.36. The van der Waals surface area contributed by atoms with E-state index in [4.69, 9.17) is 4.74 Å². The van der Waals surface area contributed by atoms with Crippen LogP contribution in [0.2, 0.25) is 0 Å². The van der Waals surface area contributed by atoms with Crippen LogP contribution in [0, 0.1) is 0 Å². The Morgan fingerprint density at radius 2 is 1.85 bits per heavy atom. The van der Waals surface area contributed by atoms with Gasteiger partial charge in [0.1, 0.15) is 11.5 Å². The second-order valence-electron chi connectivity index (χ2n) is 4.36. The largest absolute Gasteiger partial charge is 0.457 e. The molecule has 0 unspecified atom stereocenters. The Labute approximate surface area is 118 Å². The zero-order valence-electron chi connectivity index (χ0n) is 11.3. The van der Waals surface area contributed by atoms with Crippen molar-refractivity contribution in [3.63, 3.8) is 0 Å². The summed E-state index contributed by atoms with van der Waals surface area (Å²) in [5, 5.41) is 3.01. The quantitative estimate of drug-likeness (QED) is 0.913. The first-order valence-electron chi connectivity index (χ1n) is 6.06. The lowest BCUT2D eigenvalue weighted by atomic mass is 10.3. The average Bonchev–Trinajstić information content (AvgIpc) is 2.39. The van der Waals surface area contributed by atoms with Gasteiger partial charge in [-0.15, -0.1) is 0 Å². The van der Waals surface area contributed by atoms with E-state index in [0.717, 1.165) is 5.69 Å². The first kappa shape index (κ1) is 14.5. The SMILES string of the molecule is CNCc1cc(Oc2ccc(S(C)(=O)=O)cc2)ccn1. The molecule has 2 rings (SSSR count). The molecule has 1 aromatic heterocycles. The second-order valence-corrected chi connectivity index (χ2v) is 6.37. The molecule has 0 fully saturated rings. The van der Waals surface area contributed by atoms with Crippen LogP contribution in [0.5, 0.6) is 11.5 Å². The van der Waals surface area contributed by atoms with Crippen LogP contribution in [-0.2, 0) is 16.4 Å². The maximum Gasteiger partial charge on any atom is 0.175 e. The monoisotopic (exact) mass is 292 g/mol. The zero-order valence-corrected chi connectivity index (χ0v) is 12.1. The molecule has 1 heterocycles. The normalized spacial score (nSPS) is 11.3. The van der Waals surface area contributed by atoms with E-state index in [9.17, 15) is 8.42 Å². The molecule has 0 aliphatic carbocycles. The molecule has 0 aliphatic heterocycles. The third-order valence-corrected chi connectivity index (χ3v) is 3.76. The smallest absolute Gasteiger partial charge is 0.175 e. The molecule has 0 spiro atoms. The molecule has 1 N–H and O–H groups in total. The highest BCUT2D eigenvalue weighted by Crippen LogP contribution is 2.23. The fourth-order valence-corrected chi connectivity index (χ4v) is 2.32. The Morgan fingerprint density at radius 1 is 1.15 bits per heavy atom. The Bertz CT molecular complexity index is 682. The first-order valence-corrected chi connectivity index (χ1v) is 7.96. The van der Waals surface area contributed by atoms with Crippen molar-refractivity contribution in [1.82, 2.24) is 10.3 Å². The van der Waals surface area contributed by atoms with Gasteiger partial charge in [-0.25, -0.2) is 8.42 Å². The van der Waals surface area contributed by atoms with Crippen molar-refractivity contribution in [3.8, 4) is 11.5 Å². The predicted octanol–water partition coefficient (Wildman–Crippen LogP) is 2.00. The Morgan fingerprint density at radius 3 is 2.45 bits per heavy atom. The summed E-state index contributed by atoms with van der Waals surface area (Å²) in [6.07, 6.45) is 2.85. The number of sulfone groups is 1. The van der Waals surface area contributed by atoms with Gasteiger partial charge in [0.25, 0.3) is 0 Å². The molecule has 1 aromatic carbocycles. The molecule has 0 atom stereocenters. The highest BCUT2D eigenvalue weighted by atomic mass is 32.2. The molecule has 0 radical (unpaired) electrons. The van der Waals surface area contributed by atoms with Gasteiger partial charge in [-0.05, 0) is 37.4 Å². The van der Waals surface area contributed by atoms with Gasteiger partial charge in [0.05, 0.1) is 10.6 Å². The maximum atomic E-state index is 11.4. The van der Waals surface area contributed by atoms with Crippen molar-refractivity contribution in [2.45, 2.75) is 11.4 Å². The highest BCUT2D eigenvalue weighted by molar-refractivity contribution is 7.90. The van der Waals surface area contributed by atoms with Crippen LogP contribution in [0.4, 0.5) is 0 Å². The van der Waals surface area contributed by atoms with E-state index in [2.05, 4.69) is 10.3 Å². The van der Waals surface area contributed by atoms with Gasteiger partial charge in [0.15, 0.2) is 9.84 Å². The molecule has 0 aliphatic rings. The van der Waals surface area contributed by atoms with E-state index in [-0.39, 0.29) is 4.90 Å². The summed E-state index contributed by atoms with van der Waals surface area (Å²) in [6.45, 7) is 0.657. The summed E-state index contributed by atoms with van der Waals surface area (Å²) >= 11 is 0. The van der Waals surface area contributed by atoms with Crippen molar-refractivity contribution in [2.24, 2.45) is 0 Å². The third kappa shape index (κ3) is 3.79.